The van der Waals surface area contributed by atoms with Crippen molar-refractivity contribution in [1.82, 2.24) is 4.98 Å². The Bertz CT molecular complexity index is 1170. The molecule has 0 aliphatic carbocycles. The number of benzene rings is 2. The highest BCUT2D eigenvalue weighted by molar-refractivity contribution is 6.04. The Balaban J connectivity index is 1.31. The molecule has 0 bridgehead atoms. The molecule has 6 nitrogen and oxygen atoms in total. The van der Waals surface area contributed by atoms with E-state index in [1.165, 1.54) is 6.20 Å². The van der Waals surface area contributed by atoms with Crippen LogP contribution >= 0.6 is 0 Å². The number of rotatable bonds is 7. The number of nitrogens with one attached hydrogen (secondary N) is 2. The van der Waals surface area contributed by atoms with Gasteiger partial charge < -0.3 is 15.1 Å². The van der Waals surface area contributed by atoms with E-state index in [0.717, 1.165) is 17.1 Å². The van der Waals surface area contributed by atoms with Gasteiger partial charge in [-0.05, 0) is 42.5 Å². The number of aryl methyl sites for hydroxylation is 1. The lowest BCUT2D eigenvalue weighted by Gasteiger charge is -2.09. The molecule has 0 aliphatic heterocycles. The van der Waals surface area contributed by atoms with Gasteiger partial charge in [0.2, 0.25) is 5.91 Å². The van der Waals surface area contributed by atoms with Crippen molar-refractivity contribution >= 4 is 23.2 Å². The van der Waals surface area contributed by atoms with E-state index in [1.807, 2.05) is 42.5 Å². The Labute approximate surface area is 179 Å². The highest BCUT2D eigenvalue weighted by Gasteiger charge is 2.09. The minimum Gasteiger partial charge on any atom is -0.461 e. The molecule has 0 saturated heterocycles. The molecule has 0 unspecified atom stereocenters. The maximum absolute atomic E-state index is 12.4. The van der Waals surface area contributed by atoms with Gasteiger partial charge in [0.1, 0.15) is 11.5 Å². The van der Waals surface area contributed by atoms with Crippen LogP contribution in [-0.4, -0.2) is 16.8 Å². The Kier molecular flexibility index (Phi) is 6.18. The van der Waals surface area contributed by atoms with Crippen LogP contribution < -0.4 is 10.6 Å². The van der Waals surface area contributed by atoms with Crippen molar-refractivity contribution < 1.29 is 14.0 Å². The summed E-state index contributed by atoms with van der Waals surface area (Å²) in [4.78, 5) is 28.6. The molecule has 0 fully saturated rings. The summed E-state index contributed by atoms with van der Waals surface area (Å²) in [6.07, 6.45) is 3.89. The number of anilines is 2. The van der Waals surface area contributed by atoms with Crippen LogP contribution in [0.25, 0.3) is 11.3 Å². The molecule has 2 aromatic heterocycles. The Hall–Kier alpha value is -4.19. The van der Waals surface area contributed by atoms with E-state index in [-0.39, 0.29) is 18.2 Å². The van der Waals surface area contributed by atoms with Crippen molar-refractivity contribution in [3.05, 3.63) is 103 Å². The molecule has 2 aromatic carbocycles. The van der Waals surface area contributed by atoms with Crippen LogP contribution in [0.3, 0.4) is 0 Å². The first-order chi connectivity index (χ1) is 15.2. The van der Waals surface area contributed by atoms with Gasteiger partial charge in [0.05, 0.1) is 5.56 Å². The average Bonchev–Trinajstić information content (AvgIpc) is 3.28. The van der Waals surface area contributed by atoms with E-state index in [2.05, 4.69) is 15.6 Å². The largest absolute Gasteiger partial charge is 0.461 e. The second-order valence-corrected chi connectivity index (χ2v) is 6.96. The average molecular weight is 411 g/mol. The summed E-state index contributed by atoms with van der Waals surface area (Å²) in [7, 11) is 0. The van der Waals surface area contributed by atoms with Crippen molar-refractivity contribution in [2.75, 3.05) is 10.6 Å². The van der Waals surface area contributed by atoms with Crippen LogP contribution in [0.15, 0.2) is 95.7 Å². The summed E-state index contributed by atoms with van der Waals surface area (Å²) in [5.41, 5.74) is 2.66. The number of pyridine rings is 1. The third-order valence-corrected chi connectivity index (χ3v) is 4.65. The first-order valence-electron chi connectivity index (χ1n) is 9.93. The number of hydrogen-bond acceptors (Lipinski definition) is 4. The summed E-state index contributed by atoms with van der Waals surface area (Å²) in [6, 6.07) is 24.0. The van der Waals surface area contributed by atoms with Crippen molar-refractivity contribution in [2.45, 2.75) is 12.8 Å². The number of carbonyl (C=O) groups is 2. The number of amides is 2. The van der Waals surface area contributed by atoms with Crippen molar-refractivity contribution in [3.63, 3.8) is 0 Å². The lowest BCUT2D eigenvalue weighted by atomic mass is 10.2. The van der Waals surface area contributed by atoms with E-state index in [0.29, 0.717) is 23.4 Å². The van der Waals surface area contributed by atoms with Gasteiger partial charge in [-0.25, -0.2) is 0 Å². The Morgan fingerprint density at radius 3 is 2.42 bits per heavy atom. The summed E-state index contributed by atoms with van der Waals surface area (Å²) < 4.78 is 5.84. The molecule has 0 radical (unpaired) electrons. The van der Waals surface area contributed by atoms with Crippen LogP contribution in [-0.2, 0) is 11.2 Å². The smallest absolute Gasteiger partial charge is 0.257 e. The van der Waals surface area contributed by atoms with Crippen LogP contribution in [0.2, 0.25) is 0 Å². The molecule has 2 amide bonds. The van der Waals surface area contributed by atoms with Gasteiger partial charge in [0, 0.05) is 42.2 Å². The highest BCUT2D eigenvalue weighted by Crippen LogP contribution is 2.22. The van der Waals surface area contributed by atoms with E-state index in [9.17, 15) is 9.59 Å². The molecular weight excluding hydrogens is 390 g/mol. The number of nitrogens with zero attached hydrogens (tertiary/aromatic N) is 1. The van der Waals surface area contributed by atoms with E-state index in [4.69, 9.17) is 4.42 Å². The molecular formula is C25H21N3O3. The molecule has 0 atom stereocenters. The van der Waals surface area contributed by atoms with Crippen LogP contribution in [0.4, 0.5) is 11.4 Å². The van der Waals surface area contributed by atoms with Gasteiger partial charge in [-0.3, -0.25) is 14.6 Å². The Morgan fingerprint density at radius 1 is 0.839 bits per heavy atom. The van der Waals surface area contributed by atoms with E-state index < -0.39 is 0 Å². The van der Waals surface area contributed by atoms with Crippen LogP contribution in [0, 0.1) is 0 Å². The predicted octanol–water partition coefficient (Wildman–Crippen LogP) is 5.17. The minimum atomic E-state index is -0.261. The fourth-order valence-electron chi connectivity index (χ4n) is 3.11. The summed E-state index contributed by atoms with van der Waals surface area (Å²) in [6.45, 7) is 0. The zero-order valence-corrected chi connectivity index (χ0v) is 16.7. The topological polar surface area (TPSA) is 84.2 Å². The quantitative estimate of drug-likeness (QED) is 0.440. The molecule has 0 aliphatic rings. The van der Waals surface area contributed by atoms with Gasteiger partial charge in [-0.15, -0.1) is 0 Å². The van der Waals surface area contributed by atoms with Gasteiger partial charge in [0.15, 0.2) is 0 Å². The number of carbonyl (C=O) groups excluding carboxylic acids is 2. The second-order valence-electron chi connectivity index (χ2n) is 6.96. The predicted molar refractivity (Wildman–Crippen MR) is 120 cm³/mol. The first kappa shape index (κ1) is 20.1. The molecule has 2 N–H and O–H groups in total. The lowest BCUT2D eigenvalue weighted by Crippen LogP contribution is -2.14. The molecule has 2 heterocycles. The van der Waals surface area contributed by atoms with E-state index in [1.54, 1.807) is 42.6 Å². The van der Waals surface area contributed by atoms with Gasteiger partial charge in [-0.1, -0.05) is 36.4 Å². The minimum absolute atomic E-state index is 0.131. The summed E-state index contributed by atoms with van der Waals surface area (Å²) in [5.74, 6) is 1.15. The van der Waals surface area contributed by atoms with Crippen molar-refractivity contribution in [3.8, 4) is 11.3 Å². The van der Waals surface area contributed by atoms with Gasteiger partial charge in [-0.2, -0.15) is 0 Å². The Morgan fingerprint density at radius 2 is 1.65 bits per heavy atom. The van der Waals surface area contributed by atoms with Crippen LogP contribution in [0.1, 0.15) is 22.5 Å². The second kappa shape index (κ2) is 9.54. The fourth-order valence-corrected chi connectivity index (χ4v) is 3.11. The number of furan rings is 1. The van der Waals surface area contributed by atoms with Gasteiger partial charge >= 0.3 is 0 Å². The zero-order chi connectivity index (χ0) is 21.5. The van der Waals surface area contributed by atoms with Gasteiger partial charge in [0.25, 0.3) is 5.91 Å². The maximum Gasteiger partial charge on any atom is 0.257 e. The van der Waals surface area contributed by atoms with Crippen molar-refractivity contribution in [2.24, 2.45) is 0 Å². The van der Waals surface area contributed by atoms with Crippen LogP contribution in [0.5, 0.6) is 0 Å². The molecule has 6 heteroatoms. The highest BCUT2D eigenvalue weighted by atomic mass is 16.3. The fraction of sp³-hybridized carbons (Fsp3) is 0.0800. The molecule has 4 rings (SSSR count). The SMILES string of the molecule is O=C(CCc1ccc(-c2ccccc2)o1)Nc1cccc(NC(=O)c2cccnc2)c1. The third-order valence-electron chi connectivity index (χ3n) is 4.65. The third kappa shape index (κ3) is 5.45. The number of aromatic nitrogens is 1. The lowest BCUT2D eigenvalue weighted by molar-refractivity contribution is -0.116. The maximum atomic E-state index is 12.4. The number of hydrogen-bond donors (Lipinski definition) is 2. The summed E-state index contributed by atoms with van der Waals surface area (Å²) in [5, 5.41) is 5.66. The van der Waals surface area contributed by atoms with E-state index >= 15 is 0 Å². The summed E-state index contributed by atoms with van der Waals surface area (Å²) >= 11 is 0. The van der Waals surface area contributed by atoms with Crippen molar-refractivity contribution in [1.29, 1.82) is 0 Å². The monoisotopic (exact) mass is 411 g/mol. The molecule has 0 saturated carbocycles. The molecule has 154 valence electrons. The molecule has 31 heavy (non-hydrogen) atoms. The molecule has 0 spiro atoms. The first-order valence-corrected chi connectivity index (χ1v) is 9.93. The zero-order valence-electron chi connectivity index (χ0n) is 16.7. The standard InChI is InChI=1S/C25H21N3O3/c29-24(14-12-22-11-13-23(31-22)18-6-2-1-3-7-18)27-20-9-4-10-21(16-20)28-25(30)19-8-5-15-26-17-19/h1-11,13,15-17H,12,14H2,(H,27,29)(H,28,30). The normalized spacial score (nSPS) is 10.5. The molecule has 4 aromatic rings.